The van der Waals surface area contributed by atoms with Gasteiger partial charge >= 0.3 is 5.97 Å². The Kier molecular flexibility index (Phi) is 11.1. The maximum absolute atomic E-state index is 12.3. The maximum Gasteiger partial charge on any atom is 0.335 e. The molecule has 0 fully saturated rings. The molecule has 0 radical (unpaired) electrons. The minimum Gasteiger partial charge on any atom is -0.508 e. The number of benzene rings is 4. The molecule has 4 aromatic carbocycles. The largest absolute Gasteiger partial charge is 0.508 e. The molecule has 0 heterocycles. The van der Waals surface area contributed by atoms with E-state index < -0.39 is 11.8 Å². The number of carbonyl (C=O) groups is 1. The summed E-state index contributed by atoms with van der Waals surface area (Å²) >= 11 is 0. The van der Waals surface area contributed by atoms with Gasteiger partial charge in [-0.2, -0.15) is 0 Å². The van der Waals surface area contributed by atoms with Crippen molar-refractivity contribution in [2.24, 2.45) is 0 Å². The molecule has 4 aromatic rings. The molecule has 0 spiro atoms. The first-order valence-corrected chi connectivity index (χ1v) is 14.1. The van der Waals surface area contributed by atoms with Gasteiger partial charge in [-0.15, -0.1) is 0 Å². The summed E-state index contributed by atoms with van der Waals surface area (Å²) in [6.45, 7) is 5.15. The number of aromatic hydroxyl groups is 2. The van der Waals surface area contributed by atoms with Crippen molar-refractivity contribution in [2.45, 2.75) is 12.7 Å². The smallest absolute Gasteiger partial charge is 0.335 e. The van der Waals surface area contributed by atoms with E-state index in [0.29, 0.717) is 5.56 Å². The standard InChI is InChI=1S/C36H36O8/c1-25(2)35(40)44-36(41,24-43-22-21-42-20-19-37)31-13-4-26(5-14-31)3-6-28-7-8-30(27-9-15-32(38)16-10-27)23-34(28)29-11-17-33(39)18-12-29/h3-18,23,37-39,41H,1,19-22,24H2,2H3/b6-3+. The fourth-order valence-electron chi connectivity index (χ4n) is 4.37. The Bertz CT molecular complexity index is 1570. The Morgan fingerprint density at radius 2 is 1.36 bits per heavy atom. The van der Waals surface area contributed by atoms with Gasteiger partial charge < -0.3 is 34.6 Å². The summed E-state index contributed by atoms with van der Waals surface area (Å²) in [6.07, 6.45) is 3.90. The van der Waals surface area contributed by atoms with Gasteiger partial charge in [-0.3, -0.25) is 0 Å². The Morgan fingerprint density at radius 3 is 1.98 bits per heavy atom. The summed E-state index contributed by atoms with van der Waals surface area (Å²) in [5.41, 5.74) is 6.02. The van der Waals surface area contributed by atoms with Gasteiger partial charge in [0.25, 0.3) is 5.79 Å². The second kappa shape index (κ2) is 15.1. The summed E-state index contributed by atoms with van der Waals surface area (Å²) in [5.74, 6) is -2.43. The van der Waals surface area contributed by atoms with Gasteiger partial charge in [0.2, 0.25) is 0 Å². The number of rotatable bonds is 14. The van der Waals surface area contributed by atoms with Crippen LogP contribution in [0.5, 0.6) is 11.5 Å². The molecule has 0 amide bonds. The van der Waals surface area contributed by atoms with Crippen molar-refractivity contribution in [3.8, 4) is 33.8 Å². The highest BCUT2D eigenvalue weighted by Crippen LogP contribution is 2.33. The molecule has 0 saturated carbocycles. The number of hydrogen-bond acceptors (Lipinski definition) is 8. The number of aliphatic hydroxyl groups is 2. The summed E-state index contributed by atoms with van der Waals surface area (Å²) < 4.78 is 16.1. The van der Waals surface area contributed by atoms with E-state index in [4.69, 9.17) is 19.3 Å². The first-order chi connectivity index (χ1) is 21.2. The van der Waals surface area contributed by atoms with E-state index >= 15 is 0 Å². The minimum atomic E-state index is -2.05. The molecule has 228 valence electrons. The van der Waals surface area contributed by atoms with E-state index in [9.17, 15) is 20.1 Å². The number of phenolic OH excluding ortho intramolecular Hbond substituents is 2. The van der Waals surface area contributed by atoms with Crippen LogP contribution in [0.1, 0.15) is 23.6 Å². The van der Waals surface area contributed by atoms with E-state index in [-0.39, 0.29) is 50.1 Å². The summed E-state index contributed by atoms with van der Waals surface area (Å²) in [6, 6.07) is 27.0. The van der Waals surface area contributed by atoms with Crippen LogP contribution in [0.15, 0.2) is 103 Å². The van der Waals surface area contributed by atoms with E-state index in [1.807, 2.05) is 48.6 Å². The Hall–Kier alpha value is -4.73. The molecule has 0 bridgehead atoms. The third-order valence-corrected chi connectivity index (χ3v) is 6.76. The lowest BCUT2D eigenvalue weighted by atomic mass is 9.94. The summed E-state index contributed by atoms with van der Waals surface area (Å²) in [7, 11) is 0. The normalized spacial score (nSPS) is 12.6. The van der Waals surface area contributed by atoms with E-state index in [0.717, 1.165) is 33.4 Å². The van der Waals surface area contributed by atoms with Crippen molar-refractivity contribution >= 4 is 18.1 Å². The Labute approximate surface area is 256 Å². The molecule has 8 heteroatoms. The molecule has 0 aliphatic rings. The van der Waals surface area contributed by atoms with Crippen LogP contribution in [-0.2, 0) is 24.8 Å². The van der Waals surface area contributed by atoms with Gasteiger partial charge in [0.1, 0.15) is 18.1 Å². The van der Waals surface area contributed by atoms with Gasteiger partial charge in [-0.1, -0.05) is 79.4 Å². The second-order valence-electron chi connectivity index (χ2n) is 10.2. The minimum absolute atomic E-state index is 0.107. The van der Waals surface area contributed by atoms with Crippen LogP contribution in [0, 0.1) is 0 Å². The highest BCUT2D eigenvalue weighted by molar-refractivity contribution is 5.87. The van der Waals surface area contributed by atoms with E-state index in [1.165, 1.54) is 6.92 Å². The number of carbonyl (C=O) groups excluding carboxylic acids is 1. The first kappa shape index (κ1) is 32.2. The van der Waals surface area contributed by atoms with Gasteiger partial charge in [0.05, 0.1) is 26.4 Å². The summed E-state index contributed by atoms with van der Waals surface area (Å²) in [5, 5.41) is 39.6. The second-order valence-corrected chi connectivity index (χ2v) is 10.2. The predicted octanol–water partition coefficient (Wildman–Crippen LogP) is 5.89. The number of ether oxygens (including phenoxy) is 3. The van der Waals surface area contributed by atoms with Crippen LogP contribution in [0.2, 0.25) is 0 Å². The van der Waals surface area contributed by atoms with Gasteiger partial charge in [0, 0.05) is 11.1 Å². The molecule has 8 nitrogen and oxygen atoms in total. The van der Waals surface area contributed by atoms with Crippen molar-refractivity contribution in [3.63, 3.8) is 0 Å². The average Bonchev–Trinajstić information content (AvgIpc) is 3.02. The van der Waals surface area contributed by atoms with Crippen LogP contribution in [0.4, 0.5) is 0 Å². The van der Waals surface area contributed by atoms with Crippen molar-refractivity contribution < 1.29 is 39.4 Å². The zero-order valence-corrected chi connectivity index (χ0v) is 24.5. The zero-order chi connectivity index (χ0) is 31.5. The lowest BCUT2D eigenvalue weighted by Crippen LogP contribution is -2.37. The number of aliphatic hydroxyl groups excluding tert-OH is 1. The molecule has 44 heavy (non-hydrogen) atoms. The number of esters is 1. The van der Waals surface area contributed by atoms with E-state index in [2.05, 4.69) is 12.6 Å². The Morgan fingerprint density at radius 1 is 0.773 bits per heavy atom. The molecular formula is C36H36O8. The van der Waals surface area contributed by atoms with Crippen LogP contribution < -0.4 is 0 Å². The molecular weight excluding hydrogens is 560 g/mol. The summed E-state index contributed by atoms with van der Waals surface area (Å²) in [4.78, 5) is 12.3. The first-order valence-electron chi connectivity index (χ1n) is 14.1. The van der Waals surface area contributed by atoms with Crippen molar-refractivity contribution in [1.82, 2.24) is 0 Å². The van der Waals surface area contributed by atoms with Crippen LogP contribution in [0.3, 0.4) is 0 Å². The van der Waals surface area contributed by atoms with Gasteiger partial charge in [-0.25, -0.2) is 4.79 Å². The van der Waals surface area contributed by atoms with Crippen molar-refractivity contribution in [3.05, 3.63) is 120 Å². The lowest BCUT2D eigenvalue weighted by Gasteiger charge is -2.28. The fraction of sp³-hybridized carbons (Fsp3) is 0.194. The Balaban J connectivity index is 1.58. The fourth-order valence-corrected chi connectivity index (χ4v) is 4.37. The molecule has 0 aliphatic heterocycles. The monoisotopic (exact) mass is 596 g/mol. The van der Waals surface area contributed by atoms with Crippen molar-refractivity contribution in [1.29, 1.82) is 0 Å². The van der Waals surface area contributed by atoms with Crippen LogP contribution in [-0.4, -0.2) is 59.4 Å². The van der Waals surface area contributed by atoms with Gasteiger partial charge in [-0.05, 0) is 70.6 Å². The van der Waals surface area contributed by atoms with E-state index in [1.54, 1.807) is 48.5 Å². The van der Waals surface area contributed by atoms with Crippen LogP contribution >= 0.6 is 0 Å². The van der Waals surface area contributed by atoms with Gasteiger partial charge in [0.15, 0.2) is 0 Å². The SMILES string of the molecule is C=C(C)C(=O)OC(O)(COCCOCCO)c1ccc(/C=C/c2ccc(-c3ccc(O)cc3)cc2-c2ccc(O)cc2)cc1. The predicted molar refractivity (Wildman–Crippen MR) is 170 cm³/mol. The molecule has 1 unspecified atom stereocenters. The topological polar surface area (TPSA) is 126 Å². The van der Waals surface area contributed by atoms with Crippen LogP contribution in [0.25, 0.3) is 34.4 Å². The molecule has 4 N–H and O–H groups in total. The van der Waals surface area contributed by atoms with Crippen molar-refractivity contribution in [2.75, 3.05) is 33.0 Å². The highest BCUT2D eigenvalue weighted by atomic mass is 16.7. The zero-order valence-electron chi connectivity index (χ0n) is 24.5. The number of hydrogen-bond donors (Lipinski definition) is 4. The third kappa shape index (κ3) is 8.65. The quantitative estimate of drug-likeness (QED) is 0.0467. The molecule has 0 aromatic heterocycles. The number of phenols is 2. The highest BCUT2D eigenvalue weighted by Gasteiger charge is 2.34. The lowest BCUT2D eigenvalue weighted by molar-refractivity contribution is -0.233. The third-order valence-electron chi connectivity index (χ3n) is 6.76. The maximum atomic E-state index is 12.3. The molecule has 1 atom stereocenters. The average molecular weight is 597 g/mol. The molecule has 0 saturated heterocycles. The molecule has 0 aliphatic carbocycles. The molecule has 4 rings (SSSR count).